The Morgan fingerprint density at radius 1 is 0.727 bits per heavy atom. The van der Waals surface area contributed by atoms with E-state index in [0.717, 1.165) is 25.7 Å². The van der Waals surface area contributed by atoms with Gasteiger partial charge in [-0.05, 0) is 57.8 Å². The van der Waals surface area contributed by atoms with Crippen LogP contribution in [0.4, 0.5) is 0 Å². The van der Waals surface area contributed by atoms with Crippen LogP contribution >= 0.6 is 0 Å². The molecule has 0 radical (unpaired) electrons. The van der Waals surface area contributed by atoms with Gasteiger partial charge >= 0.3 is 5.97 Å². The van der Waals surface area contributed by atoms with E-state index in [-0.39, 0.29) is 6.42 Å². The molecule has 0 aromatic rings. The van der Waals surface area contributed by atoms with Crippen molar-refractivity contribution < 1.29 is 9.90 Å². The van der Waals surface area contributed by atoms with Crippen LogP contribution in [-0.4, -0.2) is 11.1 Å². The van der Waals surface area contributed by atoms with Crippen LogP contribution in [0.1, 0.15) is 84.0 Å². The molecule has 0 spiro atoms. The first-order valence-electron chi connectivity index (χ1n) is 8.94. The van der Waals surface area contributed by atoms with Gasteiger partial charge in [0.25, 0.3) is 0 Å². The second kappa shape index (κ2) is 17.7. The summed E-state index contributed by atoms with van der Waals surface area (Å²) in [6.07, 6.45) is 26.3. The van der Waals surface area contributed by atoms with E-state index in [1.54, 1.807) is 0 Å². The van der Waals surface area contributed by atoms with Crippen molar-refractivity contribution in [3.63, 3.8) is 0 Å². The number of carbonyl (C=O) groups is 1. The summed E-state index contributed by atoms with van der Waals surface area (Å²) < 4.78 is 0. The van der Waals surface area contributed by atoms with Gasteiger partial charge in [0.2, 0.25) is 0 Å². The Morgan fingerprint density at radius 3 is 1.68 bits per heavy atom. The predicted molar refractivity (Wildman–Crippen MR) is 96.1 cm³/mol. The monoisotopic (exact) mass is 306 g/mol. The van der Waals surface area contributed by atoms with Crippen LogP contribution in [-0.2, 0) is 4.79 Å². The highest BCUT2D eigenvalue weighted by Gasteiger charge is 1.92. The Bertz CT molecular complexity index is 327. The molecular weight excluding hydrogens is 272 g/mol. The smallest absolute Gasteiger partial charge is 0.303 e. The van der Waals surface area contributed by atoms with E-state index in [9.17, 15) is 4.79 Å². The molecule has 22 heavy (non-hydrogen) atoms. The Balaban J connectivity index is 3.27. The predicted octanol–water partition coefficient (Wildman–Crippen LogP) is 6.44. The number of hydrogen-bond acceptors (Lipinski definition) is 1. The van der Waals surface area contributed by atoms with Crippen molar-refractivity contribution in [2.24, 2.45) is 0 Å². The zero-order valence-corrected chi connectivity index (χ0v) is 14.3. The summed E-state index contributed by atoms with van der Waals surface area (Å²) in [5.41, 5.74) is 0. The molecule has 2 heteroatoms. The molecule has 2 nitrogen and oxygen atoms in total. The lowest BCUT2D eigenvalue weighted by Gasteiger charge is -1.94. The standard InChI is InChI=1S/C20H34O2/c1-2-3-4-5-6-7-8-9-10-11-12-13-14-15-16-17-18-19-20(21)22/h6-7,12-13,15-16H,2-5,8-11,14,17-19H2,1H3,(H,21,22)/b7-6+,13-12+,16-15+. The molecule has 0 saturated heterocycles. The average Bonchev–Trinajstić information content (AvgIpc) is 2.50. The maximum absolute atomic E-state index is 10.3. The van der Waals surface area contributed by atoms with Gasteiger partial charge in [0.1, 0.15) is 0 Å². The fourth-order valence-corrected chi connectivity index (χ4v) is 2.15. The highest BCUT2D eigenvalue weighted by Crippen LogP contribution is 2.05. The van der Waals surface area contributed by atoms with E-state index in [1.807, 2.05) is 0 Å². The van der Waals surface area contributed by atoms with Crippen LogP contribution in [0.2, 0.25) is 0 Å². The number of carboxylic acid groups (broad SMARTS) is 1. The quantitative estimate of drug-likeness (QED) is 0.279. The maximum atomic E-state index is 10.3. The summed E-state index contributed by atoms with van der Waals surface area (Å²) >= 11 is 0. The molecule has 0 bridgehead atoms. The Morgan fingerprint density at radius 2 is 1.18 bits per heavy atom. The van der Waals surface area contributed by atoms with Crippen molar-refractivity contribution in [1.82, 2.24) is 0 Å². The van der Waals surface area contributed by atoms with Crippen molar-refractivity contribution in [2.45, 2.75) is 84.0 Å². The molecule has 0 aromatic heterocycles. The van der Waals surface area contributed by atoms with E-state index >= 15 is 0 Å². The molecular formula is C20H34O2. The van der Waals surface area contributed by atoms with Gasteiger partial charge < -0.3 is 5.11 Å². The Kier molecular flexibility index (Phi) is 16.7. The minimum Gasteiger partial charge on any atom is -0.481 e. The summed E-state index contributed by atoms with van der Waals surface area (Å²) in [5.74, 6) is -0.705. The number of hydrogen-bond donors (Lipinski definition) is 1. The van der Waals surface area contributed by atoms with Crippen LogP contribution in [0.15, 0.2) is 36.5 Å². The van der Waals surface area contributed by atoms with Gasteiger partial charge in [0, 0.05) is 6.42 Å². The summed E-state index contributed by atoms with van der Waals surface area (Å²) in [4.78, 5) is 10.3. The van der Waals surface area contributed by atoms with Crippen molar-refractivity contribution in [1.29, 1.82) is 0 Å². The number of carboxylic acids is 1. The molecule has 0 aliphatic rings. The molecule has 0 saturated carbocycles. The van der Waals surface area contributed by atoms with Crippen LogP contribution in [0.3, 0.4) is 0 Å². The second-order valence-electron chi connectivity index (χ2n) is 5.72. The number of unbranched alkanes of at least 4 members (excludes halogenated alkanes) is 7. The normalized spacial score (nSPS) is 12.0. The highest BCUT2D eigenvalue weighted by atomic mass is 16.4. The molecule has 1 N–H and O–H groups in total. The van der Waals surface area contributed by atoms with E-state index < -0.39 is 5.97 Å². The number of aliphatic carboxylic acids is 1. The van der Waals surface area contributed by atoms with Gasteiger partial charge in [-0.25, -0.2) is 0 Å². The van der Waals surface area contributed by atoms with Crippen molar-refractivity contribution in [3.8, 4) is 0 Å². The molecule has 126 valence electrons. The lowest BCUT2D eigenvalue weighted by Crippen LogP contribution is -1.92. The van der Waals surface area contributed by atoms with Crippen molar-refractivity contribution >= 4 is 5.97 Å². The van der Waals surface area contributed by atoms with Gasteiger partial charge in [-0.1, -0.05) is 56.2 Å². The minimum atomic E-state index is -0.705. The lowest BCUT2D eigenvalue weighted by atomic mass is 10.1. The first-order chi connectivity index (χ1) is 10.8. The zero-order valence-electron chi connectivity index (χ0n) is 14.3. The van der Waals surface area contributed by atoms with E-state index in [4.69, 9.17) is 5.11 Å². The SMILES string of the molecule is CCCCC/C=C/CCCC/C=C/C/C=C/CCCC(=O)O. The van der Waals surface area contributed by atoms with Crippen LogP contribution in [0, 0.1) is 0 Å². The Hall–Kier alpha value is -1.31. The molecule has 0 amide bonds. The molecule has 0 unspecified atom stereocenters. The van der Waals surface area contributed by atoms with Gasteiger partial charge in [0.05, 0.1) is 0 Å². The van der Waals surface area contributed by atoms with Crippen molar-refractivity contribution in [3.05, 3.63) is 36.5 Å². The fraction of sp³-hybridized carbons (Fsp3) is 0.650. The summed E-state index contributed by atoms with van der Waals surface area (Å²) in [5, 5.41) is 8.50. The van der Waals surface area contributed by atoms with Crippen molar-refractivity contribution in [2.75, 3.05) is 0 Å². The summed E-state index contributed by atoms with van der Waals surface area (Å²) in [6, 6.07) is 0. The van der Waals surface area contributed by atoms with Crippen LogP contribution in [0.5, 0.6) is 0 Å². The Labute approximate surface area is 137 Å². The molecule has 0 aliphatic heterocycles. The highest BCUT2D eigenvalue weighted by molar-refractivity contribution is 5.66. The van der Waals surface area contributed by atoms with E-state index in [0.29, 0.717) is 0 Å². The number of allylic oxidation sites excluding steroid dienone is 6. The minimum absolute atomic E-state index is 0.271. The summed E-state index contributed by atoms with van der Waals surface area (Å²) in [7, 11) is 0. The third-order valence-electron chi connectivity index (χ3n) is 3.50. The van der Waals surface area contributed by atoms with Crippen LogP contribution < -0.4 is 0 Å². The average molecular weight is 306 g/mol. The molecule has 0 rings (SSSR count). The third-order valence-corrected chi connectivity index (χ3v) is 3.50. The lowest BCUT2D eigenvalue weighted by molar-refractivity contribution is -0.137. The largest absolute Gasteiger partial charge is 0.481 e. The summed E-state index contributed by atoms with van der Waals surface area (Å²) in [6.45, 7) is 2.24. The molecule has 0 heterocycles. The molecule has 0 aromatic carbocycles. The first kappa shape index (κ1) is 20.7. The topological polar surface area (TPSA) is 37.3 Å². The van der Waals surface area contributed by atoms with Gasteiger partial charge in [-0.2, -0.15) is 0 Å². The zero-order chi connectivity index (χ0) is 16.3. The van der Waals surface area contributed by atoms with Gasteiger partial charge in [-0.3, -0.25) is 4.79 Å². The fourth-order valence-electron chi connectivity index (χ4n) is 2.15. The van der Waals surface area contributed by atoms with Gasteiger partial charge in [0.15, 0.2) is 0 Å². The first-order valence-corrected chi connectivity index (χ1v) is 8.94. The second-order valence-corrected chi connectivity index (χ2v) is 5.72. The van der Waals surface area contributed by atoms with Crippen LogP contribution in [0.25, 0.3) is 0 Å². The van der Waals surface area contributed by atoms with E-state index in [2.05, 4.69) is 43.4 Å². The third kappa shape index (κ3) is 18.7. The maximum Gasteiger partial charge on any atom is 0.303 e. The van der Waals surface area contributed by atoms with E-state index in [1.165, 1.54) is 44.9 Å². The number of rotatable bonds is 15. The molecule has 0 atom stereocenters. The molecule has 0 fully saturated rings. The molecule has 0 aliphatic carbocycles. The van der Waals surface area contributed by atoms with Gasteiger partial charge in [-0.15, -0.1) is 0 Å².